The first-order valence-electron chi connectivity index (χ1n) is 7.35. The summed E-state index contributed by atoms with van der Waals surface area (Å²) in [6.07, 6.45) is 1.84. The number of aryl methyl sites for hydroxylation is 3. The molecule has 21 heavy (non-hydrogen) atoms. The van der Waals surface area contributed by atoms with Crippen LogP contribution in [0.25, 0.3) is 22.2 Å². The summed E-state index contributed by atoms with van der Waals surface area (Å²) in [6.45, 7) is 4.26. The largest absolute Gasteiger partial charge is 0.342 e. The fourth-order valence-electron chi connectivity index (χ4n) is 2.66. The SMILES string of the molecule is CCc1nc2cc(-c3ccc(CCCl)cc3)c(C)cc2[nH]1. The van der Waals surface area contributed by atoms with Gasteiger partial charge >= 0.3 is 0 Å². The number of nitrogens with zero attached hydrogens (tertiary/aromatic N) is 1. The van der Waals surface area contributed by atoms with Crippen molar-refractivity contribution in [2.24, 2.45) is 0 Å². The van der Waals surface area contributed by atoms with E-state index in [1.165, 1.54) is 22.3 Å². The van der Waals surface area contributed by atoms with Gasteiger partial charge in [-0.05, 0) is 47.7 Å². The van der Waals surface area contributed by atoms with Gasteiger partial charge in [0.15, 0.2) is 0 Å². The van der Waals surface area contributed by atoms with Crippen LogP contribution in [0.3, 0.4) is 0 Å². The number of aromatic amines is 1. The van der Waals surface area contributed by atoms with Gasteiger partial charge in [-0.3, -0.25) is 0 Å². The number of halogens is 1. The number of rotatable bonds is 4. The zero-order valence-corrected chi connectivity index (χ0v) is 13.2. The summed E-state index contributed by atoms with van der Waals surface area (Å²) in [7, 11) is 0. The molecular weight excluding hydrogens is 280 g/mol. The molecule has 2 nitrogen and oxygen atoms in total. The minimum Gasteiger partial charge on any atom is -0.342 e. The van der Waals surface area contributed by atoms with E-state index in [1.807, 2.05) is 0 Å². The van der Waals surface area contributed by atoms with E-state index in [-0.39, 0.29) is 0 Å². The van der Waals surface area contributed by atoms with Crippen LogP contribution in [0.5, 0.6) is 0 Å². The number of fused-ring (bicyclic) bond motifs is 1. The molecule has 0 spiro atoms. The Bertz CT molecular complexity index is 757. The molecule has 0 unspecified atom stereocenters. The van der Waals surface area contributed by atoms with Crippen molar-refractivity contribution in [3.63, 3.8) is 0 Å². The van der Waals surface area contributed by atoms with Crippen molar-refractivity contribution in [1.29, 1.82) is 0 Å². The molecule has 2 aromatic carbocycles. The zero-order chi connectivity index (χ0) is 14.8. The van der Waals surface area contributed by atoms with E-state index in [9.17, 15) is 0 Å². The van der Waals surface area contributed by atoms with Crippen molar-refractivity contribution in [2.75, 3.05) is 5.88 Å². The molecule has 1 N–H and O–H groups in total. The zero-order valence-electron chi connectivity index (χ0n) is 12.4. The third-order valence-electron chi connectivity index (χ3n) is 3.86. The quantitative estimate of drug-likeness (QED) is 0.683. The molecule has 0 amide bonds. The number of imidazole rings is 1. The molecule has 0 bridgehead atoms. The molecule has 1 aromatic heterocycles. The smallest absolute Gasteiger partial charge is 0.106 e. The molecule has 3 heteroatoms. The topological polar surface area (TPSA) is 28.7 Å². The highest BCUT2D eigenvalue weighted by atomic mass is 35.5. The standard InChI is InChI=1S/C18H19ClN2/c1-3-18-20-16-10-12(2)15(11-17(16)21-18)14-6-4-13(5-7-14)8-9-19/h4-7,10-11H,3,8-9H2,1-2H3,(H,20,21). The molecule has 0 aliphatic heterocycles. The Morgan fingerprint density at radius 1 is 1.14 bits per heavy atom. The van der Waals surface area contributed by atoms with Gasteiger partial charge < -0.3 is 4.98 Å². The normalized spacial score (nSPS) is 11.2. The minimum absolute atomic E-state index is 0.664. The van der Waals surface area contributed by atoms with E-state index >= 15 is 0 Å². The van der Waals surface area contributed by atoms with Crippen LogP contribution in [0.4, 0.5) is 0 Å². The Balaban J connectivity index is 2.04. The maximum Gasteiger partial charge on any atom is 0.106 e. The van der Waals surface area contributed by atoms with E-state index in [4.69, 9.17) is 11.6 Å². The first kappa shape index (κ1) is 14.2. The highest BCUT2D eigenvalue weighted by molar-refractivity contribution is 6.18. The Hall–Kier alpha value is -1.80. The number of aromatic nitrogens is 2. The summed E-state index contributed by atoms with van der Waals surface area (Å²) in [6, 6.07) is 13.0. The van der Waals surface area contributed by atoms with E-state index in [1.54, 1.807) is 0 Å². The van der Waals surface area contributed by atoms with Crippen molar-refractivity contribution in [3.8, 4) is 11.1 Å². The van der Waals surface area contributed by atoms with Gasteiger partial charge in [0.2, 0.25) is 0 Å². The molecule has 0 saturated carbocycles. The van der Waals surface area contributed by atoms with Crippen molar-refractivity contribution >= 4 is 22.6 Å². The van der Waals surface area contributed by atoms with E-state index in [2.05, 4.69) is 60.2 Å². The maximum absolute atomic E-state index is 5.79. The van der Waals surface area contributed by atoms with Gasteiger partial charge in [0.05, 0.1) is 11.0 Å². The lowest BCUT2D eigenvalue weighted by Crippen LogP contribution is -1.88. The molecule has 3 aromatic rings. The maximum atomic E-state index is 5.79. The van der Waals surface area contributed by atoms with Crippen LogP contribution in [0, 0.1) is 6.92 Å². The van der Waals surface area contributed by atoms with Crippen LogP contribution in [0.2, 0.25) is 0 Å². The lowest BCUT2D eigenvalue weighted by molar-refractivity contribution is 1.00. The fraction of sp³-hybridized carbons (Fsp3) is 0.278. The summed E-state index contributed by atoms with van der Waals surface area (Å²) >= 11 is 5.79. The van der Waals surface area contributed by atoms with Gasteiger partial charge in [0.1, 0.15) is 5.82 Å². The third kappa shape index (κ3) is 2.81. The Morgan fingerprint density at radius 2 is 1.90 bits per heavy atom. The average Bonchev–Trinajstić information content (AvgIpc) is 2.89. The highest BCUT2D eigenvalue weighted by Crippen LogP contribution is 2.28. The molecule has 108 valence electrons. The lowest BCUT2D eigenvalue weighted by atomic mass is 9.98. The highest BCUT2D eigenvalue weighted by Gasteiger charge is 2.08. The van der Waals surface area contributed by atoms with Crippen LogP contribution in [0.1, 0.15) is 23.9 Å². The van der Waals surface area contributed by atoms with Gasteiger partial charge in [-0.15, -0.1) is 11.6 Å². The van der Waals surface area contributed by atoms with Crippen molar-refractivity contribution in [2.45, 2.75) is 26.7 Å². The lowest BCUT2D eigenvalue weighted by Gasteiger charge is -2.07. The second-order valence-electron chi connectivity index (χ2n) is 5.36. The summed E-state index contributed by atoms with van der Waals surface area (Å²) < 4.78 is 0. The van der Waals surface area contributed by atoms with E-state index < -0.39 is 0 Å². The van der Waals surface area contributed by atoms with Crippen LogP contribution in [-0.2, 0) is 12.8 Å². The van der Waals surface area contributed by atoms with Crippen molar-refractivity contribution in [1.82, 2.24) is 9.97 Å². The van der Waals surface area contributed by atoms with Crippen LogP contribution >= 0.6 is 11.6 Å². The molecule has 0 aliphatic carbocycles. The van der Waals surface area contributed by atoms with Gasteiger partial charge in [0.25, 0.3) is 0 Å². The number of benzene rings is 2. The summed E-state index contributed by atoms with van der Waals surface area (Å²) in [4.78, 5) is 8.00. The fourth-order valence-corrected chi connectivity index (χ4v) is 2.87. The number of hydrogen-bond acceptors (Lipinski definition) is 1. The van der Waals surface area contributed by atoms with Crippen LogP contribution in [-0.4, -0.2) is 15.8 Å². The van der Waals surface area contributed by atoms with Crippen LogP contribution in [0.15, 0.2) is 36.4 Å². The molecule has 0 fully saturated rings. The van der Waals surface area contributed by atoms with Crippen molar-refractivity contribution in [3.05, 3.63) is 53.3 Å². The second-order valence-corrected chi connectivity index (χ2v) is 5.74. The van der Waals surface area contributed by atoms with Gasteiger partial charge in [-0.2, -0.15) is 0 Å². The monoisotopic (exact) mass is 298 g/mol. The Labute approximate surface area is 130 Å². The van der Waals surface area contributed by atoms with Crippen molar-refractivity contribution < 1.29 is 0 Å². The molecule has 0 radical (unpaired) electrons. The van der Waals surface area contributed by atoms with Crippen LogP contribution < -0.4 is 0 Å². The molecule has 0 saturated heterocycles. The predicted molar refractivity (Wildman–Crippen MR) is 90.1 cm³/mol. The molecule has 0 aliphatic rings. The Morgan fingerprint density at radius 3 is 2.57 bits per heavy atom. The second kappa shape index (κ2) is 5.90. The van der Waals surface area contributed by atoms with E-state index in [0.29, 0.717) is 5.88 Å². The third-order valence-corrected chi connectivity index (χ3v) is 4.05. The number of H-pyrrole nitrogens is 1. The average molecular weight is 299 g/mol. The minimum atomic E-state index is 0.664. The first-order valence-corrected chi connectivity index (χ1v) is 7.89. The van der Waals surface area contributed by atoms with Gasteiger partial charge in [-0.1, -0.05) is 31.2 Å². The summed E-state index contributed by atoms with van der Waals surface area (Å²) in [5.74, 6) is 1.70. The molecule has 1 heterocycles. The Kier molecular flexibility index (Phi) is 3.98. The number of alkyl halides is 1. The van der Waals surface area contributed by atoms with Gasteiger partial charge in [0, 0.05) is 12.3 Å². The molecule has 0 atom stereocenters. The number of nitrogens with one attached hydrogen (secondary N) is 1. The summed E-state index contributed by atoms with van der Waals surface area (Å²) in [5, 5.41) is 0. The predicted octanol–water partition coefficient (Wildman–Crippen LogP) is 4.88. The summed E-state index contributed by atoms with van der Waals surface area (Å²) in [5.41, 5.74) is 7.17. The first-order chi connectivity index (χ1) is 10.2. The molecule has 3 rings (SSSR count). The van der Waals surface area contributed by atoms with E-state index in [0.717, 1.165) is 29.7 Å². The number of hydrogen-bond donors (Lipinski definition) is 1. The van der Waals surface area contributed by atoms with Gasteiger partial charge in [-0.25, -0.2) is 4.98 Å². The molecular formula is C18H19ClN2.